The Morgan fingerprint density at radius 3 is 2.46 bits per heavy atom. The summed E-state index contributed by atoms with van der Waals surface area (Å²) in [5.74, 6) is 4.48. The molecule has 0 aromatic heterocycles. The fourth-order valence-corrected chi connectivity index (χ4v) is 7.81. The van der Waals surface area contributed by atoms with Crippen molar-refractivity contribution in [3.8, 4) is 0 Å². The SMILES string of the molecule is CCCCC12OC(C=CC1=O)C1C=CC(=C3C4CC5CC(C4)CC3C5)C12. The van der Waals surface area contributed by atoms with E-state index in [1.807, 2.05) is 12.2 Å². The van der Waals surface area contributed by atoms with Gasteiger partial charge in [0.25, 0.3) is 0 Å². The van der Waals surface area contributed by atoms with Crippen molar-refractivity contribution in [2.24, 2.45) is 35.5 Å². The molecule has 0 N–H and O–H groups in total. The first kappa shape index (κ1) is 15.9. The lowest BCUT2D eigenvalue weighted by molar-refractivity contribution is -0.142. The Labute approximate surface area is 156 Å². The summed E-state index contributed by atoms with van der Waals surface area (Å²) in [6, 6.07) is 0. The number of hydrogen-bond donors (Lipinski definition) is 0. The molecule has 4 saturated carbocycles. The molecule has 2 nitrogen and oxygen atoms in total. The van der Waals surface area contributed by atoms with Gasteiger partial charge in [0.1, 0.15) is 5.60 Å². The van der Waals surface area contributed by atoms with Crippen LogP contribution >= 0.6 is 0 Å². The van der Waals surface area contributed by atoms with Crippen molar-refractivity contribution in [1.82, 2.24) is 0 Å². The maximum Gasteiger partial charge on any atom is 0.187 e. The molecule has 2 heteroatoms. The lowest BCUT2D eigenvalue weighted by Gasteiger charge is -2.52. The van der Waals surface area contributed by atoms with E-state index in [4.69, 9.17) is 4.74 Å². The molecule has 26 heavy (non-hydrogen) atoms. The van der Waals surface area contributed by atoms with Crippen LogP contribution in [0.25, 0.3) is 0 Å². The van der Waals surface area contributed by atoms with Gasteiger partial charge in [-0.1, -0.05) is 43.6 Å². The number of carbonyl (C=O) groups excluding carboxylic acids is 1. The summed E-state index contributed by atoms with van der Waals surface area (Å²) in [5.41, 5.74) is 2.74. The molecular formula is C24H30O2. The molecular weight excluding hydrogens is 320 g/mol. The topological polar surface area (TPSA) is 26.3 Å². The zero-order valence-electron chi connectivity index (χ0n) is 15.8. The van der Waals surface area contributed by atoms with Crippen molar-refractivity contribution in [1.29, 1.82) is 0 Å². The van der Waals surface area contributed by atoms with Crippen molar-refractivity contribution in [3.05, 3.63) is 35.5 Å². The molecule has 138 valence electrons. The highest BCUT2D eigenvalue weighted by Crippen LogP contribution is 2.61. The van der Waals surface area contributed by atoms with Crippen LogP contribution in [0.1, 0.15) is 58.3 Å². The predicted molar refractivity (Wildman–Crippen MR) is 101 cm³/mol. The summed E-state index contributed by atoms with van der Waals surface area (Å²) in [6.45, 7) is 2.22. The van der Waals surface area contributed by atoms with Crippen LogP contribution < -0.4 is 0 Å². The third kappa shape index (κ3) is 1.95. The van der Waals surface area contributed by atoms with E-state index in [1.54, 1.807) is 11.1 Å². The van der Waals surface area contributed by atoms with E-state index in [9.17, 15) is 4.79 Å². The maximum absolute atomic E-state index is 13.1. The molecule has 7 rings (SSSR count). The van der Waals surface area contributed by atoms with Gasteiger partial charge in [0.15, 0.2) is 5.78 Å². The molecule has 0 aromatic carbocycles. The highest BCUT2D eigenvalue weighted by atomic mass is 16.5. The van der Waals surface area contributed by atoms with Gasteiger partial charge in [0.05, 0.1) is 6.10 Å². The van der Waals surface area contributed by atoms with Gasteiger partial charge >= 0.3 is 0 Å². The number of carbonyl (C=O) groups is 1. The zero-order valence-corrected chi connectivity index (χ0v) is 15.8. The monoisotopic (exact) mass is 350 g/mol. The van der Waals surface area contributed by atoms with E-state index in [-0.39, 0.29) is 17.8 Å². The fourth-order valence-electron chi connectivity index (χ4n) is 7.81. The minimum absolute atomic E-state index is 0.112. The number of rotatable bonds is 3. The lowest BCUT2D eigenvalue weighted by atomic mass is 9.52. The molecule has 4 unspecified atom stereocenters. The third-order valence-corrected chi connectivity index (χ3v) is 8.55. The van der Waals surface area contributed by atoms with Crippen LogP contribution in [0.5, 0.6) is 0 Å². The number of allylic oxidation sites excluding steroid dienone is 2. The van der Waals surface area contributed by atoms with Gasteiger partial charge < -0.3 is 4.74 Å². The van der Waals surface area contributed by atoms with Gasteiger partial charge in [-0.2, -0.15) is 0 Å². The van der Waals surface area contributed by atoms with Gasteiger partial charge in [0, 0.05) is 11.8 Å². The Morgan fingerprint density at radius 1 is 1.04 bits per heavy atom. The average Bonchev–Trinajstić information content (AvgIpc) is 3.15. The van der Waals surface area contributed by atoms with Crippen LogP contribution in [0, 0.1) is 35.5 Å². The van der Waals surface area contributed by atoms with Gasteiger partial charge in [-0.15, -0.1) is 0 Å². The van der Waals surface area contributed by atoms with Crippen molar-refractivity contribution >= 4 is 5.78 Å². The minimum Gasteiger partial charge on any atom is -0.358 e. The number of hydrogen-bond acceptors (Lipinski definition) is 2. The lowest BCUT2D eigenvalue weighted by Crippen LogP contribution is -2.47. The Morgan fingerprint density at radius 2 is 1.77 bits per heavy atom. The molecule has 2 aliphatic heterocycles. The van der Waals surface area contributed by atoms with Crippen molar-refractivity contribution in [3.63, 3.8) is 0 Å². The second kappa shape index (κ2) is 5.44. The summed E-state index contributed by atoms with van der Waals surface area (Å²) < 4.78 is 6.52. The molecule has 5 aliphatic carbocycles. The number of ether oxygens (including phenoxy) is 1. The molecule has 0 aromatic rings. The number of unbranched alkanes of at least 4 members (excludes halogenated alkanes) is 1. The summed E-state index contributed by atoms with van der Waals surface area (Å²) in [5, 5.41) is 0. The Kier molecular flexibility index (Phi) is 3.32. The van der Waals surface area contributed by atoms with E-state index < -0.39 is 5.60 Å². The molecule has 7 aliphatic rings. The number of ketones is 1. The van der Waals surface area contributed by atoms with Crippen molar-refractivity contribution in [2.45, 2.75) is 70.0 Å². The molecule has 1 saturated heterocycles. The van der Waals surface area contributed by atoms with E-state index >= 15 is 0 Å². The largest absolute Gasteiger partial charge is 0.358 e. The molecule has 5 fully saturated rings. The first-order valence-corrected chi connectivity index (χ1v) is 11.0. The highest BCUT2D eigenvalue weighted by Gasteiger charge is 2.61. The van der Waals surface area contributed by atoms with Gasteiger partial charge in [0.2, 0.25) is 0 Å². The van der Waals surface area contributed by atoms with Crippen LogP contribution in [0.3, 0.4) is 0 Å². The van der Waals surface area contributed by atoms with E-state index in [0.717, 1.165) is 42.9 Å². The van der Waals surface area contributed by atoms with E-state index in [2.05, 4.69) is 19.1 Å². The summed E-state index contributed by atoms with van der Waals surface area (Å²) >= 11 is 0. The van der Waals surface area contributed by atoms with E-state index in [0.29, 0.717) is 5.92 Å². The van der Waals surface area contributed by atoms with Crippen LogP contribution in [-0.4, -0.2) is 17.5 Å². The summed E-state index contributed by atoms with van der Waals surface area (Å²) in [6.07, 6.45) is 19.0. The number of fused-ring (bicyclic) bond motifs is 5. The van der Waals surface area contributed by atoms with Gasteiger partial charge in [-0.05, 0) is 73.8 Å². The molecule has 0 spiro atoms. The van der Waals surface area contributed by atoms with Crippen LogP contribution in [-0.2, 0) is 9.53 Å². The Balaban J connectivity index is 1.45. The third-order valence-electron chi connectivity index (χ3n) is 8.55. The van der Waals surface area contributed by atoms with Crippen LogP contribution in [0.4, 0.5) is 0 Å². The summed E-state index contributed by atoms with van der Waals surface area (Å²) in [7, 11) is 0. The first-order chi connectivity index (χ1) is 12.7. The van der Waals surface area contributed by atoms with Crippen molar-refractivity contribution < 1.29 is 9.53 Å². The average molecular weight is 351 g/mol. The predicted octanol–water partition coefficient (Wildman–Crippen LogP) is 5.01. The highest BCUT2D eigenvalue weighted by molar-refractivity contribution is 5.99. The van der Waals surface area contributed by atoms with Crippen molar-refractivity contribution in [2.75, 3.05) is 0 Å². The maximum atomic E-state index is 13.1. The molecule has 2 heterocycles. The molecule has 0 amide bonds. The first-order valence-electron chi connectivity index (χ1n) is 11.0. The Hall–Kier alpha value is -1.15. The van der Waals surface area contributed by atoms with Gasteiger partial charge in [-0.3, -0.25) is 4.79 Å². The normalized spacial score (nSPS) is 50.2. The molecule has 6 bridgehead atoms. The quantitative estimate of drug-likeness (QED) is 0.715. The standard InChI is InChI=1S/C24H30O2/c1-2-3-8-24-21(25)7-6-20(26-24)18-4-5-19(23(18)24)22-16-10-14-9-15(12-16)13-17(22)11-14/h4-7,14-18,20,23H,2-3,8-13H2,1H3. The second-order valence-corrected chi connectivity index (χ2v) is 9.93. The minimum atomic E-state index is -0.569. The van der Waals surface area contributed by atoms with E-state index in [1.165, 1.54) is 32.1 Å². The molecule has 0 radical (unpaired) electrons. The Bertz CT molecular complexity index is 711. The van der Waals surface area contributed by atoms with Crippen LogP contribution in [0.15, 0.2) is 35.5 Å². The molecule has 4 atom stereocenters. The summed E-state index contributed by atoms with van der Waals surface area (Å²) in [4.78, 5) is 13.1. The zero-order chi connectivity index (χ0) is 17.5. The van der Waals surface area contributed by atoms with Crippen LogP contribution in [0.2, 0.25) is 0 Å². The second-order valence-electron chi connectivity index (χ2n) is 9.93. The van der Waals surface area contributed by atoms with Gasteiger partial charge in [-0.25, -0.2) is 0 Å². The fraction of sp³-hybridized carbons (Fsp3) is 0.708. The smallest absolute Gasteiger partial charge is 0.187 e.